The van der Waals surface area contributed by atoms with Crippen LogP contribution < -0.4 is 4.74 Å². The van der Waals surface area contributed by atoms with Gasteiger partial charge in [-0.15, -0.1) is 0 Å². The first kappa shape index (κ1) is 10.7. The molecule has 0 saturated carbocycles. The molecule has 0 unspecified atom stereocenters. The lowest BCUT2D eigenvalue weighted by atomic mass is 10.1. The molecule has 0 radical (unpaired) electrons. The zero-order valence-corrected chi connectivity index (χ0v) is 9.16. The van der Waals surface area contributed by atoms with Gasteiger partial charge in [-0.1, -0.05) is 13.8 Å². The number of methoxy groups -OCH3 is 1. The summed E-state index contributed by atoms with van der Waals surface area (Å²) in [5.41, 5.74) is 3.09. The van der Waals surface area contributed by atoms with Gasteiger partial charge in [0.05, 0.1) is 25.1 Å². The third-order valence-electron chi connectivity index (χ3n) is 2.05. The lowest BCUT2D eigenvalue weighted by molar-refractivity contribution is 0.409. The number of pyridine rings is 1. The quantitative estimate of drug-likeness (QED) is 0.685. The number of aliphatic imine (C=N–C) groups is 1. The van der Waals surface area contributed by atoms with E-state index in [0.717, 1.165) is 22.7 Å². The van der Waals surface area contributed by atoms with Gasteiger partial charge in [-0.2, -0.15) is 0 Å². The molecule has 0 amide bonds. The van der Waals surface area contributed by atoms with Crippen molar-refractivity contribution in [2.24, 2.45) is 4.99 Å². The van der Waals surface area contributed by atoms with Gasteiger partial charge >= 0.3 is 0 Å². The first-order valence-corrected chi connectivity index (χ1v) is 4.86. The van der Waals surface area contributed by atoms with E-state index in [1.165, 1.54) is 0 Å². The molecule has 76 valence electrons. The summed E-state index contributed by atoms with van der Waals surface area (Å²) in [6, 6.07) is 1.87. The first-order valence-electron chi connectivity index (χ1n) is 4.86. The smallest absolute Gasteiger partial charge is 0.127 e. The highest BCUT2D eigenvalue weighted by Crippen LogP contribution is 2.25. The van der Waals surface area contributed by atoms with Crippen LogP contribution in [0.3, 0.4) is 0 Å². The van der Waals surface area contributed by atoms with Gasteiger partial charge in [0.25, 0.3) is 0 Å². The van der Waals surface area contributed by atoms with E-state index in [9.17, 15) is 0 Å². The van der Waals surface area contributed by atoms with Gasteiger partial charge in [0, 0.05) is 11.8 Å². The molecule has 1 aromatic rings. The van der Waals surface area contributed by atoms with Crippen molar-refractivity contribution in [3.05, 3.63) is 23.5 Å². The highest BCUT2D eigenvalue weighted by Gasteiger charge is 2.16. The summed E-state index contributed by atoms with van der Waals surface area (Å²) in [5.74, 6) is 0.889. The van der Waals surface area contributed by atoms with Crippen LogP contribution in [0.25, 0.3) is 0 Å². The molecule has 0 aliphatic carbocycles. The summed E-state index contributed by atoms with van der Waals surface area (Å²) in [6.07, 6.45) is 1.75. The van der Waals surface area contributed by atoms with Gasteiger partial charge in [-0.05, 0) is 13.0 Å². The van der Waals surface area contributed by atoms with E-state index < -0.39 is 0 Å². The van der Waals surface area contributed by atoms with Crippen LogP contribution in [0.15, 0.2) is 17.3 Å². The molecule has 1 aliphatic heterocycles. The molecule has 2 rings (SSSR count). The number of hydrogen-bond donors (Lipinski definition) is 0. The van der Waals surface area contributed by atoms with Gasteiger partial charge in [0.1, 0.15) is 5.75 Å². The van der Waals surface area contributed by atoms with Gasteiger partial charge in [0.15, 0.2) is 0 Å². The first-order chi connectivity index (χ1) is 6.83. The highest BCUT2D eigenvalue weighted by molar-refractivity contribution is 6.00. The molecule has 0 fully saturated rings. The number of ether oxygens (including phenoxy) is 1. The average Bonchev–Trinajstić information content (AvgIpc) is 2.64. The molecule has 3 nitrogen and oxygen atoms in total. The Kier molecular flexibility index (Phi) is 3.63. The predicted molar refractivity (Wildman–Crippen MR) is 58.1 cm³/mol. The highest BCUT2D eigenvalue weighted by atomic mass is 16.5. The molecule has 0 saturated heterocycles. The average molecular weight is 192 g/mol. The van der Waals surface area contributed by atoms with Gasteiger partial charge < -0.3 is 4.74 Å². The third kappa shape index (κ3) is 1.76. The minimum Gasteiger partial charge on any atom is -0.496 e. The number of aromatic nitrogens is 1. The van der Waals surface area contributed by atoms with Crippen molar-refractivity contribution in [2.45, 2.75) is 27.3 Å². The van der Waals surface area contributed by atoms with Crippen LogP contribution in [0, 0.1) is 0 Å². The third-order valence-corrected chi connectivity index (χ3v) is 2.05. The van der Waals surface area contributed by atoms with Crippen molar-refractivity contribution in [2.75, 3.05) is 7.11 Å². The van der Waals surface area contributed by atoms with Crippen LogP contribution in [-0.2, 0) is 6.54 Å². The lowest BCUT2D eigenvalue weighted by Gasteiger charge is -2.04. The normalized spacial score (nSPS) is 12.4. The van der Waals surface area contributed by atoms with Crippen molar-refractivity contribution >= 4 is 5.71 Å². The Balaban J connectivity index is 0.000000461. The molecule has 0 atom stereocenters. The zero-order valence-electron chi connectivity index (χ0n) is 9.16. The van der Waals surface area contributed by atoms with Crippen LogP contribution >= 0.6 is 0 Å². The molecule has 0 spiro atoms. The van der Waals surface area contributed by atoms with E-state index in [4.69, 9.17) is 4.74 Å². The lowest BCUT2D eigenvalue weighted by Crippen LogP contribution is -1.98. The number of fused-ring (bicyclic) bond motifs is 1. The number of hydrogen-bond acceptors (Lipinski definition) is 3. The van der Waals surface area contributed by atoms with Crippen molar-refractivity contribution in [1.82, 2.24) is 4.98 Å². The molecule has 2 heterocycles. The Morgan fingerprint density at radius 2 is 2.07 bits per heavy atom. The van der Waals surface area contributed by atoms with E-state index in [2.05, 4.69) is 9.98 Å². The summed E-state index contributed by atoms with van der Waals surface area (Å²) < 4.78 is 5.19. The fraction of sp³-hybridized carbons (Fsp3) is 0.455. The van der Waals surface area contributed by atoms with Crippen LogP contribution in [0.5, 0.6) is 5.75 Å². The van der Waals surface area contributed by atoms with E-state index in [1.807, 2.05) is 26.8 Å². The fourth-order valence-electron chi connectivity index (χ4n) is 1.40. The van der Waals surface area contributed by atoms with Crippen LogP contribution in [0.2, 0.25) is 0 Å². The topological polar surface area (TPSA) is 34.5 Å². The van der Waals surface area contributed by atoms with Crippen molar-refractivity contribution in [3.8, 4) is 5.75 Å². The fourth-order valence-corrected chi connectivity index (χ4v) is 1.40. The molecular weight excluding hydrogens is 176 g/mol. The Hall–Kier alpha value is -1.38. The van der Waals surface area contributed by atoms with E-state index in [1.54, 1.807) is 13.3 Å². The summed E-state index contributed by atoms with van der Waals surface area (Å²) in [6.45, 7) is 6.68. The van der Waals surface area contributed by atoms with Crippen molar-refractivity contribution in [3.63, 3.8) is 0 Å². The SMILES string of the molecule is CC.COc1ccnc2c1CN=C2C. The van der Waals surface area contributed by atoms with Crippen LogP contribution in [0.1, 0.15) is 32.0 Å². The molecule has 14 heavy (non-hydrogen) atoms. The summed E-state index contributed by atoms with van der Waals surface area (Å²) in [4.78, 5) is 8.52. The van der Waals surface area contributed by atoms with Crippen molar-refractivity contribution < 1.29 is 4.74 Å². The molecule has 1 aromatic heterocycles. The van der Waals surface area contributed by atoms with Gasteiger partial charge in [-0.3, -0.25) is 9.98 Å². The maximum atomic E-state index is 5.19. The van der Waals surface area contributed by atoms with Gasteiger partial charge in [0.2, 0.25) is 0 Å². The van der Waals surface area contributed by atoms with Crippen molar-refractivity contribution in [1.29, 1.82) is 0 Å². The number of rotatable bonds is 1. The maximum absolute atomic E-state index is 5.19. The van der Waals surface area contributed by atoms with E-state index in [-0.39, 0.29) is 0 Å². The standard InChI is InChI=1S/C9H10N2O.C2H6/c1-6-9-7(5-11-6)8(12-2)3-4-10-9;1-2/h3-4H,5H2,1-2H3;1-2H3. The Labute approximate surface area is 84.8 Å². The van der Waals surface area contributed by atoms with E-state index in [0.29, 0.717) is 6.54 Å². The summed E-state index contributed by atoms with van der Waals surface area (Å²) >= 11 is 0. The Morgan fingerprint density at radius 1 is 1.36 bits per heavy atom. The Morgan fingerprint density at radius 3 is 2.71 bits per heavy atom. The second-order valence-corrected chi connectivity index (χ2v) is 2.74. The largest absolute Gasteiger partial charge is 0.496 e. The maximum Gasteiger partial charge on any atom is 0.127 e. The minimum atomic E-state index is 0.707. The van der Waals surface area contributed by atoms with Crippen LogP contribution in [0.4, 0.5) is 0 Å². The molecular formula is C11H16N2O. The second kappa shape index (κ2) is 4.74. The predicted octanol–water partition coefficient (Wildman–Crippen LogP) is 2.44. The monoisotopic (exact) mass is 192 g/mol. The van der Waals surface area contributed by atoms with E-state index >= 15 is 0 Å². The molecule has 3 heteroatoms. The molecule has 1 aliphatic rings. The molecule has 0 N–H and O–H groups in total. The number of nitrogens with zero attached hydrogens (tertiary/aromatic N) is 2. The minimum absolute atomic E-state index is 0.707. The summed E-state index contributed by atoms with van der Waals surface area (Å²) in [5, 5.41) is 0. The summed E-state index contributed by atoms with van der Waals surface area (Å²) in [7, 11) is 1.67. The second-order valence-electron chi connectivity index (χ2n) is 2.74. The molecule has 0 bridgehead atoms. The zero-order chi connectivity index (χ0) is 10.6. The van der Waals surface area contributed by atoms with Crippen LogP contribution in [-0.4, -0.2) is 17.8 Å². The molecule has 0 aromatic carbocycles. The van der Waals surface area contributed by atoms with Gasteiger partial charge in [-0.25, -0.2) is 0 Å². The Bertz CT molecular complexity index is 345.